The summed E-state index contributed by atoms with van der Waals surface area (Å²) in [7, 11) is 2.24. The summed E-state index contributed by atoms with van der Waals surface area (Å²) in [6.07, 6.45) is 4.12. The van der Waals surface area contributed by atoms with Crippen LogP contribution in [0.5, 0.6) is 0 Å². The highest BCUT2D eigenvalue weighted by Crippen LogP contribution is 2.34. The molecule has 1 aliphatic rings. The molecular weight excluding hydrogens is 160 g/mol. The Morgan fingerprint density at radius 1 is 1.38 bits per heavy atom. The Labute approximate surface area is 82.5 Å². The normalized spacial score (nSPS) is 21.9. The van der Waals surface area contributed by atoms with Gasteiger partial charge in [0.05, 0.1) is 0 Å². The number of rotatable bonds is 6. The van der Waals surface area contributed by atoms with Crippen LogP contribution >= 0.6 is 0 Å². The van der Waals surface area contributed by atoms with Crippen molar-refractivity contribution in [2.24, 2.45) is 17.6 Å². The van der Waals surface area contributed by atoms with Gasteiger partial charge in [0.2, 0.25) is 0 Å². The highest BCUT2D eigenvalue weighted by Gasteiger charge is 2.30. The largest absolute Gasteiger partial charge is 0.330 e. The summed E-state index contributed by atoms with van der Waals surface area (Å²) in [6, 6.07) is 0.782. The molecule has 2 N–H and O–H groups in total. The van der Waals surface area contributed by atoms with Gasteiger partial charge in [-0.25, -0.2) is 0 Å². The standard InChI is InChI=1S/C11H24N2/c1-9(8-12)6-7-13(3)10(2)11-4-5-11/h9-11H,4-8,12H2,1-3H3. The third kappa shape index (κ3) is 3.65. The molecule has 0 aromatic heterocycles. The van der Waals surface area contributed by atoms with Crippen LogP contribution in [-0.2, 0) is 0 Å². The minimum atomic E-state index is 0.675. The molecule has 2 nitrogen and oxygen atoms in total. The minimum absolute atomic E-state index is 0.675. The van der Waals surface area contributed by atoms with Crippen molar-refractivity contribution in [3.05, 3.63) is 0 Å². The first-order chi connectivity index (χ1) is 6.15. The van der Waals surface area contributed by atoms with Crippen LogP contribution in [0.3, 0.4) is 0 Å². The van der Waals surface area contributed by atoms with Gasteiger partial charge in [0, 0.05) is 6.04 Å². The van der Waals surface area contributed by atoms with Gasteiger partial charge < -0.3 is 10.6 Å². The van der Waals surface area contributed by atoms with Crippen LogP contribution in [-0.4, -0.2) is 31.1 Å². The van der Waals surface area contributed by atoms with E-state index in [0.717, 1.165) is 18.5 Å². The van der Waals surface area contributed by atoms with Crippen LogP contribution in [0.2, 0.25) is 0 Å². The van der Waals surface area contributed by atoms with E-state index in [4.69, 9.17) is 5.73 Å². The zero-order valence-corrected chi connectivity index (χ0v) is 9.29. The fourth-order valence-electron chi connectivity index (χ4n) is 1.68. The number of nitrogens with zero attached hydrogens (tertiary/aromatic N) is 1. The third-order valence-corrected chi connectivity index (χ3v) is 3.38. The quantitative estimate of drug-likeness (QED) is 0.681. The van der Waals surface area contributed by atoms with Gasteiger partial charge in [-0.15, -0.1) is 0 Å². The molecule has 1 aliphatic carbocycles. The Morgan fingerprint density at radius 3 is 2.46 bits per heavy atom. The van der Waals surface area contributed by atoms with E-state index in [1.807, 2.05) is 0 Å². The summed E-state index contributed by atoms with van der Waals surface area (Å²) in [5.41, 5.74) is 5.59. The lowest BCUT2D eigenvalue weighted by atomic mass is 10.1. The highest BCUT2D eigenvalue weighted by atomic mass is 15.1. The first-order valence-corrected chi connectivity index (χ1v) is 5.55. The van der Waals surface area contributed by atoms with Crippen molar-refractivity contribution in [2.75, 3.05) is 20.1 Å². The molecule has 1 fully saturated rings. The fraction of sp³-hybridized carbons (Fsp3) is 1.00. The molecule has 13 heavy (non-hydrogen) atoms. The zero-order valence-electron chi connectivity index (χ0n) is 9.29. The van der Waals surface area contributed by atoms with E-state index in [-0.39, 0.29) is 0 Å². The zero-order chi connectivity index (χ0) is 9.84. The highest BCUT2D eigenvalue weighted by molar-refractivity contribution is 4.84. The molecule has 78 valence electrons. The van der Waals surface area contributed by atoms with Gasteiger partial charge in [-0.1, -0.05) is 6.92 Å². The average molecular weight is 184 g/mol. The molecular formula is C11H24N2. The van der Waals surface area contributed by atoms with Gasteiger partial charge in [0.25, 0.3) is 0 Å². The van der Waals surface area contributed by atoms with Gasteiger partial charge >= 0.3 is 0 Å². The molecule has 0 bridgehead atoms. The fourth-order valence-corrected chi connectivity index (χ4v) is 1.68. The van der Waals surface area contributed by atoms with Crippen molar-refractivity contribution < 1.29 is 0 Å². The SMILES string of the molecule is CC(CN)CCN(C)C(C)C1CC1. The van der Waals surface area contributed by atoms with Crippen molar-refractivity contribution in [1.29, 1.82) is 0 Å². The molecule has 2 heteroatoms. The molecule has 0 aromatic carbocycles. The van der Waals surface area contributed by atoms with E-state index < -0.39 is 0 Å². The van der Waals surface area contributed by atoms with Crippen LogP contribution in [0.1, 0.15) is 33.1 Å². The molecule has 0 spiro atoms. The Kier molecular flexibility index (Phi) is 4.20. The minimum Gasteiger partial charge on any atom is -0.330 e. The van der Waals surface area contributed by atoms with Gasteiger partial charge in [0.1, 0.15) is 0 Å². The predicted octanol–water partition coefficient (Wildman–Crippen LogP) is 1.70. The summed E-state index contributed by atoms with van der Waals surface area (Å²) in [5, 5.41) is 0. The second kappa shape index (κ2) is 4.97. The van der Waals surface area contributed by atoms with E-state index in [1.165, 1.54) is 25.8 Å². The van der Waals surface area contributed by atoms with Crippen molar-refractivity contribution in [3.63, 3.8) is 0 Å². The van der Waals surface area contributed by atoms with Crippen LogP contribution in [0.25, 0.3) is 0 Å². The molecule has 0 amide bonds. The first kappa shape index (κ1) is 11.0. The maximum absolute atomic E-state index is 5.59. The number of nitrogens with two attached hydrogens (primary N) is 1. The van der Waals surface area contributed by atoms with Crippen molar-refractivity contribution in [3.8, 4) is 0 Å². The summed E-state index contributed by atoms with van der Waals surface area (Å²) >= 11 is 0. The third-order valence-electron chi connectivity index (χ3n) is 3.38. The molecule has 0 radical (unpaired) electrons. The van der Waals surface area contributed by atoms with Crippen molar-refractivity contribution in [1.82, 2.24) is 4.90 Å². The Morgan fingerprint density at radius 2 is 2.00 bits per heavy atom. The Balaban J connectivity index is 2.12. The van der Waals surface area contributed by atoms with E-state index in [9.17, 15) is 0 Å². The van der Waals surface area contributed by atoms with Gasteiger partial charge in [-0.05, 0) is 58.2 Å². The van der Waals surface area contributed by atoms with Crippen LogP contribution in [0.4, 0.5) is 0 Å². The Hall–Kier alpha value is -0.0800. The van der Waals surface area contributed by atoms with Crippen LogP contribution in [0.15, 0.2) is 0 Å². The second-order valence-electron chi connectivity index (χ2n) is 4.69. The van der Waals surface area contributed by atoms with E-state index in [0.29, 0.717) is 5.92 Å². The van der Waals surface area contributed by atoms with Crippen LogP contribution < -0.4 is 5.73 Å². The van der Waals surface area contributed by atoms with E-state index in [2.05, 4.69) is 25.8 Å². The molecule has 1 saturated carbocycles. The number of hydrogen-bond donors (Lipinski definition) is 1. The lowest BCUT2D eigenvalue weighted by Gasteiger charge is -2.25. The second-order valence-corrected chi connectivity index (χ2v) is 4.69. The maximum atomic E-state index is 5.59. The molecule has 1 rings (SSSR count). The summed E-state index contributed by atoms with van der Waals surface area (Å²) in [6.45, 7) is 6.61. The molecule has 2 atom stereocenters. The van der Waals surface area contributed by atoms with Gasteiger partial charge in [-0.3, -0.25) is 0 Å². The summed E-state index contributed by atoms with van der Waals surface area (Å²) < 4.78 is 0. The maximum Gasteiger partial charge on any atom is 0.00921 e. The van der Waals surface area contributed by atoms with Gasteiger partial charge in [0.15, 0.2) is 0 Å². The lowest BCUT2D eigenvalue weighted by molar-refractivity contribution is 0.221. The average Bonchev–Trinajstić information content (AvgIpc) is 2.95. The van der Waals surface area contributed by atoms with E-state index in [1.54, 1.807) is 0 Å². The Bertz CT molecular complexity index is 143. The molecule has 0 heterocycles. The number of hydrogen-bond acceptors (Lipinski definition) is 2. The lowest BCUT2D eigenvalue weighted by Crippen LogP contribution is -2.33. The smallest absolute Gasteiger partial charge is 0.00921 e. The summed E-state index contributed by atoms with van der Waals surface area (Å²) in [4.78, 5) is 2.49. The van der Waals surface area contributed by atoms with Crippen molar-refractivity contribution in [2.45, 2.75) is 39.2 Å². The topological polar surface area (TPSA) is 29.3 Å². The predicted molar refractivity (Wildman–Crippen MR) is 57.7 cm³/mol. The van der Waals surface area contributed by atoms with Gasteiger partial charge in [-0.2, -0.15) is 0 Å². The monoisotopic (exact) mass is 184 g/mol. The summed E-state index contributed by atoms with van der Waals surface area (Å²) in [5.74, 6) is 1.66. The molecule has 0 saturated heterocycles. The van der Waals surface area contributed by atoms with Crippen LogP contribution in [0, 0.1) is 11.8 Å². The van der Waals surface area contributed by atoms with E-state index >= 15 is 0 Å². The molecule has 0 aromatic rings. The first-order valence-electron chi connectivity index (χ1n) is 5.55. The molecule has 0 aliphatic heterocycles. The van der Waals surface area contributed by atoms with Crippen molar-refractivity contribution >= 4 is 0 Å². The molecule has 2 unspecified atom stereocenters.